The molecule has 1 aromatic heterocycles. The Kier molecular flexibility index (Phi) is 4.53. The predicted molar refractivity (Wildman–Crippen MR) is 101 cm³/mol. The van der Waals surface area contributed by atoms with Crippen molar-refractivity contribution in [2.24, 2.45) is 0 Å². The average Bonchev–Trinajstić information content (AvgIpc) is 2.72. The summed E-state index contributed by atoms with van der Waals surface area (Å²) in [7, 11) is 0. The third kappa shape index (κ3) is 3.64. The third-order valence-electron chi connectivity index (χ3n) is 4.15. The van der Waals surface area contributed by atoms with Crippen LogP contribution in [0.3, 0.4) is 0 Å². The second-order valence-electron chi connectivity index (χ2n) is 6.00. The summed E-state index contributed by atoms with van der Waals surface area (Å²) in [5.74, 6) is -0.270. The Morgan fingerprint density at radius 2 is 1.96 bits per heavy atom. The number of hydrogen-bond donors (Lipinski definition) is 1. The average molecular weight is 360 g/mol. The summed E-state index contributed by atoms with van der Waals surface area (Å²) < 4.78 is 10.7. The first-order valence-electron chi connectivity index (χ1n) is 8.44. The fraction of sp³-hybridized carbons (Fsp3) is 0.0952. The maximum atomic E-state index is 12.2. The number of aromatic nitrogens is 1. The van der Waals surface area contributed by atoms with Gasteiger partial charge in [0.25, 0.3) is 5.91 Å². The number of rotatable bonds is 4. The van der Waals surface area contributed by atoms with Crippen LogP contribution in [0.4, 0.5) is 5.69 Å². The standard InChI is InChI=1S/C21H16N2O4/c24-20(23-18-8-3-7-17-16(18)6-4-10-22-17)13-27-21(25)15-11-14-5-1-2-9-19(14)26-12-15/h1-11H,12-13H2,(H,23,24). The number of nitrogens with zero attached hydrogens (tertiary/aromatic N) is 1. The van der Waals surface area contributed by atoms with E-state index in [1.807, 2.05) is 36.4 Å². The largest absolute Gasteiger partial charge is 0.488 e. The first-order valence-corrected chi connectivity index (χ1v) is 8.44. The van der Waals surface area contributed by atoms with E-state index in [-0.39, 0.29) is 13.2 Å². The summed E-state index contributed by atoms with van der Waals surface area (Å²) in [6.07, 6.45) is 3.41. The van der Waals surface area contributed by atoms with Crippen molar-refractivity contribution in [2.45, 2.75) is 0 Å². The normalized spacial score (nSPS) is 12.5. The zero-order valence-corrected chi connectivity index (χ0v) is 14.3. The van der Waals surface area contributed by atoms with Gasteiger partial charge in [-0.05, 0) is 36.4 Å². The van der Waals surface area contributed by atoms with E-state index in [0.29, 0.717) is 11.3 Å². The number of benzene rings is 2. The number of ether oxygens (including phenoxy) is 2. The highest BCUT2D eigenvalue weighted by molar-refractivity contribution is 6.02. The Morgan fingerprint density at radius 1 is 1.07 bits per heavy atom. The van der Waals surface area contributed by atoms with Crippen LogP contribution in [0.15, 0.2) is 66.4 Å². The number of carbonyl (C=O) groups excluding carboxylic acids is 2. The van der Waals surface area contributed by atoms with Gasteiger partial charge in [-0.15, -0.1) is 0 Å². The number of anilines is 1. The lowest BCUT2D eigenvalue weighted by molar-refractivity contribution is -0.143. The van der Waals surface area contributed by atoms with Gasteiger partial charge in [0.1, 0.15) is 12.4 Å². The summed E-state index contributed by atoms with van der Waals surface area (Å²) in [6, 6.07) is 16.5. The summed E-state index contributed by atoms with van der Waals surface area (Å²) in [4.78, 5) is 28.6. The van der Waals surface area contributed by atoms with Crippen molar-refractivity contribution >= 4 is 34.5 Å². The Labute approximate surface area is 155 Å². The first-order chi connectivity index (χ1) is 13.2. The van der Waals surface area contributed by atoms with E-state index >= 15 is 0 Å². The van der Waals surface area contributed by atoms with E-state index in [9.17, 15) is 9.59 Å². The number of esters is 1. The molecule has 6 heteroatoms. The molecule has 1 aliphatic heterocycles. The van der Waals surface area contributed by atoms with Crippen LogP contribution in [0.5, 0.6) is 5.75 Å². The number of amides is 1. The molecule has 0 atom stereocenters. The van der Waals surface area contributed by atoms with Crippen LogP contribution in [0.1, 0.15) is 5.56 Å². The Balaban J connectivity index is 1.39. The molecule has 134 valence electrons. The van der Waals surface area contributed by atoms with Crippen molar-refractivity contribution in [1.82, 2.24) is 4.98 Å². The highest BCUT2D eigenvalue weighted by Crippen LogP contribution is 2.26. The number of fused-ring (bicyclic) bond motifs is 2. The van der Waals surface area contributed by atoms with Crippen molar-refractivity contribution in [1.29, 1.82) is 0 Å². The van der Waals surface area contributed by atoms with Crippen LogP contribution in [0.25, 0.3) is 17.0 Å². The quantitative estimate of drug-likeness (QED) is 0.723. The van der Waals surface area contributed by atoms with E-state index in [0.717, 1.165) is 22.2 Å². The Hall–Kier alpha value is -3.67. The summed E-state index contributed by atoms with van der Waals surface area (Å²) >= 11 is 0. The van der Waals surface area contributed by atoms with Crippen molar-refractivity contribution in [3.63, 3.8) is 0 Å². The zero-order chi connectivity index (χ0) is 18.6. The van der Waals surface area contributed by atoms with Gasteiger partial charge >= 0.3 is 5.97 Å². The molecule has 6 nitrogen and oxygen atoms in total. The fourth-order valence-corrected chi connectivity index (χ4v) is 2.86. The zero-order valence-electron chi connectivity index (χ0n) is 14.3. The lowest BCUT2D eigenvalue weighted by Crippen LogP contribution is -2.24. The maximum Gasteiger partial charge on any atom is 0.338 e. The summed E-state index contributed by atoms with van der Waals surface area (Å²) in [5, 5.41) is 3.57. The molecule has 1 N–H and O–H groups in total. The van der Waals surface area contributed by atoms with E-state index in [4.69, 9.17) is 9.47 Å². The molecule has 0 radical (unpaired) electrons. The van der Waals surface area contributed by atoms with Crippen molar-refractivity contribution < 1.29 is 19.1 Å². The second-order valence-corrected chi connectivity index (χ2v) is 6.00. The Bertz CT molecular complexity index is 1050. The molecule has 1 aliphatic rings. The molecule has 2 heterocycles. The van der Waals surface area contributed by atoms with E-state index in [1.54, 1.807) is 30.5 Å². The minimum atomic E-state index is -0.570. The second kappa shape index (κ2) is 7.29. The fourth-order valence-electron chi connectivity index (χ4n) is 2.86. The van der Waals surface area contributed by atoms with E-state index in [1.165, 1.54) is 0 Å². The molecule has 1 amide bonds. The van der Waals surface area contributed by atoms with E-state index < -0.39 is 11.9 Å². The molecule has 3 aromatic rings. The number of para-hydroxylation sites is 1. The van der Waals surface area contributed by atoms with Crippen molar-refractivity contribution in [2.75, 3.05) is 18.5 Å². The van der Waals surface area contributed by atoms with Gasteiger partial charge in [0, 0.05) is 17.1 Å². The molecule has 0 aliphatic carbocycles. The Morgan fingerprint density at radius 3 is 2.89 bits per heavy atom. The van der Waals surface area contributed by atoms with Crippen molar-refractivity contribution in [3.05, 3.63) is 71.9 Å². The van der Waals surface area contributed by atoms with Crippen molar-refractivity contribution in [3.8, 4) is 5.75 Å². The SMILES string of the molecule is O=C(COC(=O)C1=Cc2ccccc2OC1)Nc1cccc2ncccc12. The van der Waals surface area contributed by atoms with Crippen LogP contribution >= 0.6 is 0 Å². The van der Waals surface area contributed by atoms with Crippen LogP contribution in [0.2, 0.25) is 0 Å². The molecule has 0 unspecified atom stereocenters. The molecular formula is C21H16N2O4. The van der Waals surface area contributed by atoms with Gasteiger partial charge < -0.3 is 14.8 Å². The number of nitrogens with one attached hydrogen (secondary N) is 1. The lowest BCUT2D eigenvalue weighted by Gasteiger charge is -2.17. The van der Waals surface area contributed by atoms with Gasteiger partial charge in [-0.1, -0.05) is 24.3 Å². The highest BCUT2D eigenvalue weighted by Gasteiger charge is 2.19. The van der Waals surface area contributed by atoms with Crippen LogP contribution in [-0.2, 0) is 14.3 Å². The lowest BCUT2D eigenvalue weighted by atomic mass is 10.1. The topological polar surface area (TPSA) is 77.5 Å². The molecular weight excluding hydrogens is 344 g/mol. The van der Waals surface area contributed by atoms with Gasteiger partial charge in [0.05, 0.1) is 16.8 Å². The molecule has 2 aromatic carbocycles. The molecule has 27 heavy (non-hydrogen) atoms. The molecule has 0 saturated heterocycles. The monoisotopic (exact) mass is 360 g/mol. The van der Waals surface area contributed by atoms with Gasteiger partial charge in [0.15, 0.2) is 6.61 Å². The molecule has 0 saturated carbocycles. The predicted octanol–water partition coefficient (Wildman–Crippen LogP) is 3.19. The summed E-state index contributed by atoms with van der Waals surface area (Å²) in [5.41, 5.74) is 2.57. The summed E-state index contributed by atoms with van der Waals surface area (Å²) in [6.45, 7) is -0.263. The third-order valence-corrected chi connectivity index (χ3v) is 4.15. The highest BCUT2D eigenvalue weighted by atomic mass is 16.5. The van der Waals surface area contributed by atoms with Crippen LogP contribution in [0, 0.1) is 0 Å². The van der Waals surface area contributed by atoms with Gasteiger partial charge in [-0.3, -0.25) is 9.78 Å². The number of carbonyl (C=O) groups is 2. The van der Waals surface area contributed by atoms with Gasteiger partial charge in [0.2, 0.25) is 0 Å². The number of pyridine rings is 1. The molecule has 4 rings (SSSR count). The van der Waals surface area contributed by atoms with Crippen LogP contribution < -0.4 is 10.1 Å². The molecule has 0 bridgehead atoms. The van der Waals surface area contributed by atoms with Gasteiger partial charge in [-0.25, -0.2) is 4.79 Å². The molecule has 0 fully saturated rings. The van der Waals surface area contributed by atoms with Crippen LogP contribution in [-0.4, -0.2) is 30.1 Å². The minimum Gasteiger partial charge on any atom is -0.488 e. The smallest absolute Gasteiger partial charge is 0.338 e. The minimum absolute atomic E-state index is 0.118. The van der Waals surface area contributed by atoms with E-state index in [2.05, 4.69) is 10.3 Å². The number of hydrogen-bond acceptors (Lipinski definition) is 5. The first kappa shape index (κ1) is 16.8. The molecule has 0 spiro atoms. The maximum absolute atomic E-state index is 12.2. The van der Waals surface area contributed by atoms with Gasteiger partial charge in [-0.2, -0.15) is 0 Å².